The summed E-state index contributed by atoms with van der Waals surface area (Å²) in [7, 11) is 1.81. The van der Waals surface area contributed by atoms with Crippen LogP contribution < -0.4 is 11.3 Å². The van der Waals surface area contributed by atoms with Gasteiger partial charge in [0.15, 0.2) is 0 Å². The van der Waals surface area contributed by atoms with Crippen molar-refractivity contribution in [2.24, 2.45) is 5.73 Å². The minimum absolute atomic E-state index is 0.0720. The number of aryl methyl sites for hydroxylation is 2. The maximum Gasteiger partial charge on any atom is 0.269 e. The first-order valence-corrected chi connectivity index (χ1v) is 13.7. The second-order valence-electron chi connectivity index (χ2n) is 10.7. The largest absolute Gasteiger partial charge is 0.366 e. The molecule has 8 heteroatoms. The number of nitrogens with zero attached hydrogens (tertiary/aromatic N) is 4. The molecular formula is C32H35N5O3. The molecule has 0 bridgehead atoms. The molecule has 4 aromatic rings. The highest BCUT2D eigenvalue weighted by Crippen LogP contribution is 2.28. The van der Waals surface area contributed by atoms with Crippen molar-refractivity contribution >= 4 is 22.8 Å². The third-order valence-electron chi connectivity index (χ3n) is 8.04. The van der Waals surface area contributed by atoms with Gasteiger partial charge in [-0.15, -0.1) is 0 Å². The van der Waals surface area contributed by atoms with Gasteiger partial charge in [-0.3, -0.25) is 19.0 Å². The molecule has 40 heavy (non-hydrogen) atoms. The number of nitrogens with two attached hydrogens (primary N) is 1. The number of likely N-dealkylation sites (N-methyl/N-ethyl adjacent to an activating group) is 1. The standard InChI is InChI=1S/C32H35N5O3/c1-21-16-27-28(17-22(21)2)37(30(38)18-34-27)20-31(39)35(3)29(19-36-14-6-7-15-36)24-12-10-23(11-13-24)25-8-4-5-9-26(25)32(33)40/h4-5,8-13,16-18,29H,6-7,14-15,19-20H2,1-3H3,(H2,33,40). The summed E-state index contributed by atoms with van der Waals surface area (Å²) in [6.45, 7) is 6.61. The van der Waals surface area contributed by atoms with Crippen LogP contribution in [0.3, 0.4) is 0 Å². The Hall–Kier alpha value is -4.30. The molecule has 8 nitrogen and oxygen atoms in total. The lowest BCUT2D eigenvalue weighted by atomic mass is 9.96. The number of aromatic nitrogens is 2. The van der Waals surface area contributed by atoms with E-state index >= 15 is 0 Å². The first-order valence-electron chi connectivity index (χ1n) is 13.7. The lowest BCUT2D eigenvalue weighted by molar-refractivity contribution is -0.133. The smallest absolute Gasteiger partial charge is 0.269 e. The zero-order chi connectivity index (χ0) is 28.4. The lowest BCUT2D eigenvalue weighted by Crippen LogP contribution is -2.41. The lowest BCUT2D eigenvalue weighted by Gasteiger charge is -2.32. The van der Waals surface area contributed by atoms with Crippen molar-refractivity contribution in [2.75, 3.05) is 26.7 Å². The van der Waals surface area contributed by atoms with E-state index in [1.54, 1.807) is 17.0 Å². The highest BCUT2D eigenvalue weighted by Gasteiger charge is 2.26. The summed E-state index contributed by atoms with van der Waals surface area (Å²) in [6, 6.07) is 18.9. The Morgan fingerprint density at radius 2 is 1.68 bits per heavy atom. The van der Waals surface area contributed by atoms with E-state index in [0.717, 1.165) is 53.7 Å². The number of primary amides is 1. The van der Waals surface area contributed by atoms with Crippen molar-refractivity contribution in [1.82, 2.24) is 19.4 Å². The van der Waals surface area contributed by atoms with E-state index in [-0.39, 0.29) is 24.1 Å². The van der Waals surface area contributed by atoms with Gasteiger partial charge in [0, 0.05) is 19.2 Å². The van der Waals surface area contributed by atoms with E-state index in [1.807, 2.05) is 69.4 Å². The van der Waals surface area contributed by atoms with Gasteiger partial charge >= 0.3 is 0 Å². The van der Waals surface area contributed by atoms with Crippen LogP contribution in [0.1, 0.15) is 45.9 Å². The van der Waals surface area contributed by atoms with Crippen molar-refractivity contribution in [3.05, 3.63) is 99.5 Å². The van der Waals surface area contributed by atoms with Gasteiger partial charge in [-0.1, -0.05) is 42.5 Å². The number of carbonyl (C=O) groups is 2. The fraction of sp³-hybridized carbons (Fsp3) is 0.312. The van der Waals surface area contributed by atoms with Crippen LogP contribution in [0.25, 0.3) is 22.2 Å². The average molecular weight is 538 g/mol. The topological polar surface area (TPSA) is 102 Å². The highest BCUT2D eigenvalue weighted by atomic mass is 16.2. The summed E-state index contributed by atoms with van der Waals surface area (Å²) in [5.41, 5.74) is 11.9. The Bertz CT molecular complexity index is 1620. The third-order valence-corrected chi connectivity index (χ3v) is 8.04. The molecule has 1 aromatic heterocycles. The Balaban J connectivity index is 1.46. The Labute approximate surface area is 234 Å². The molecule has 3 aromatic carbocycles. The van der Waals surface area contributed by atoms with E-state index in [2.05, 4.69) is 9.88 Å². The number of rotatable bonds is 8. The summed E-state index contributed by atoms with van der Waals surface area (Å²) < 4.78 is 1.52. The Morgan fingerprint density at radius 3 is 2.38 bits per heavy atom. The highest BCUT2D eigenvalue weighted by molar-refractivity contribution is 5.99. The normalized spacial score (nSPS) is 14.4. The van der Waals surface area contributed by atoms with Crippen molar-refractivity contribution in [3.8, 4) is 11.1 Å². The number of hydrogen-bond acceptors (Lipinski definition) is 5. The fourth-order valence-corrected chi connectivity index (χ4v) is 5.50. The van der Waals surface area contributed by atoms with Gasteiger partial charge in [0.1, 0.15) is 6.54 Å². The number of amides is 2. The summed E-state index contributed by atoms with van der Waals surface area (Å²) in [4.78, 5) is 47.0. The monoisotopic (exact) mass is 537 g/mol. The van der Waals surface area contributed by atoms with E-state index in [0.29, 0.717) is 23.1 Å². The summed E-state index contributed by atoms with van der Waals surface area (Å²) in [5, 5.41) is 0. The van der Waals surface area contributed by atoms with Gasteiger partial charge in [-0.05, 0) is 85.8 Å². The van der Waals surface area contributed by atoms with Crippen LogP contribution in [-0.2, 0) is 11.3 Å². The molecule has 2 heterocycles. The average Bonchev–Trinajstić information content (AvgIpc) is 3.47. The molecule has 1 unspecified atom stereocenters. The SMILES string of the molecule is Cc1cc2ncc(=O)n(CC(=O)N(C)C(CN3CCCC3)c3ccc(-c4ccccc4C(N)=O)cc3)c2cc1C. The van der Waals surface area contributed by atoms with Gasteiger partial charge in [0.25, 0.3) is 5.56 Å². The third kappa shape index (κ3) is 5.53. The summed E-state index contributed by atoms with van der Waals surface area (Å²) >= 11 is 0. The maximum atomic E-state index is 13.7. The molecule has 0 spiro atoms. The number of benzene rings is 3. The van der Waals surface area contributed by atoms with Crippen molar-refractivity contribution in [3.63, 3.8) is 0 Å². The summed E-state index contributed by atoms with van der Waals surface area (Å²) in [5.74, 6) is -0.624. The number of fused-ring (bicyclic) bond motifs is 1. The van der Waals surface area contributed by atoms with Crippen LogP contribution in [-0.4, -0.2) is 57.8 Å². The van der Waals surface area contributed by atoms with Crippen LogP contribution in [0, 0.1) is 13.8 Å². The second-order valence-corrected chi connectivity index (χ2v) is 10.7. The minimum atomic E-state index is -0.471. The molecule has 206 valence electrons. The zero-order valence-electron chi connectivity index (χ0n) is 23.3. The summed E-state index contributed by atoms with van der Waals surface area (Å²) in [6.07, 6.45) is 3.57. The second kappa shape index (κ2) is 11.4. The van der Waals surface area contributed by atoms with Gasteiger partial charge in [0.2, 0.25) is 11.8 Å². The quantitative estimate of drug-likeness (QED) is 0.365. The fourth-order valence-electron chi connectivity index (χ4n) is 5.50. The van der Waals surface area contributed by atoms with Crippen LogP contribution in [0.15, 0.2) is 71.7 Å². The predicted molar refractivity (Wildman–Crippen MR) is 157 cm³/mol. The van der Waals surface area contributed by atoms with E-state index in [4.69, 9.17) is 5.73 Å². The van der Waals surface area contributed by atoms with Gasteiger partial charge in [-0.25, -0.2) is 4.98 Å². The zero-order valence-corrected chi connectivity index (χ0v) is 23.3. The molecule has 5 rings (SSSR count). The first-order chi connectivity index (χ1) is 19.2. The maximum absolute atomic E-state index is 13.7. The van der Waals surface area contributed by atoms with Crippen molar-refractivity contribution in [1.29, 1.82) is 0 Å². The molecule has 1 aliphatic heterocycles. The van der Waals surface area contributed by atoms with Gasteiger partial charge in [0.05, 0.1) is 23.3 Å². The Kier molecular flexibility index (Phi) is 7.80. The molecular weight excluding hydrogens is 502 g/mol. The molecule has 1 atom stereocenters. The number of hydrogen-bond donors (Lipinski definition) is 1. The van der Waals surface area contributed by atoms with Crippen LogP contribution >= 0.6 is 0 Å². The van der Waals surface area contributed by atoms with Crippen LogP contribution in [0.4, 0.5) is 0 Å². The Morgan fingerprint density at radius 1 is 1.00 bits per heavy atom. The molecule has 1 fully saturated rings. The van der Waals surface area contributed by atoms with Crippen LogP contribution in [0.5, 0.6) is 0 Å². The van der Waals surface area contributed by atoms with E-state index < -0.39 is 5.91 Å². The molecule has 0 aliphatic carbocycles. The number of likely N-dealkylation sites (tertiary alicyclic amines) is 1. The molecule has 1 aliphatic rings. The molecule has 0 radical (unpaired) electrons. The van der Waals surface area contributed by atoms with Crippen molar-refractivity contribution < 1.29 is 9.59 Å². The molecule has 2 amide bonds. The predicted octanol–water partition coefficient (Wildman–Crippen LogP) is 4.07. The van der Waals surface area contributed by atoms with E-state index in [1.165, 1.54) is 10.8 Å². The number of carbonyl (C=O) groups excluding carboxylic acids is 2. The molecule has 0 saturated carbocycles. The van der Waals surface area contributed by atoms with E-state index in [9.17, 15) is 14.4 Å². The van der Waals surface area contributed by atoms with Crippen molar-refractivity contribution in [2.45, 2.75) is 39.3 Å². The molecule has 2 N–H and O–H groups in total. The van der Waals surface area contributed by atoms with Gasteiger partial charge in [-0.2, -0.15) is 0 Å². The minimum Gasteiger partial charge on any atom is -0.366 e. The van der Waals surface area contributed by atoms with Crippen LogP contribution in [0.2, 0.25) is 0 Å². The molecule has 1 saturated heterocycles. The van der Waals surface area contributed by atoms with Gasteiger partial charge < -0.3 is 15.5 Å². The first kappa shape index (κ1) is 27.3.